The van der Waals surface area contributed by atoms with Crippen molar-refractivity contribution in [2.24, 2.45) is 0 Å². The molecular weight excluding hydrogens is 318 g/mol. The second-order valence-electron chi connectivity index (χ2n) is 7.58. The molecule has 2 N–H and O–H groups in total. The second-order valence-corrected chi connectivity index (χ2v) is 7.58. The number of rotatable bonds is 4. The largest absolute Gasteiger partial charge is 0.444 e. The summed E-state index contributed by atoms with van der Waals surface area (Å²) in [5.41, 5.74) is 1.42. The fraction of sp³-hybridized carbons (Fsp3) is 0.611. The molecule has 2 aromatic rings. The van der Waals surface area contributed by atoms with Crippen LogP contribution in [0.25, 0.3) is 5.65 Å². The summed E-state index contributed by atoms with van der Waals surface area (Å²) in [5, 5.41) is 10.9. The molecule has 1 saturated carbocycles. The summed E-state index contributed by atoms with van der Waals surface area (Å²) in [4.78, 5) is 16.5. The SMILES string of the molecule is CCc1cc(N[C@H]2CC[C@H](NC(=O)OC(C)(C)C)C2)n2nccc2n1. The number of nitrogens with one attached hydrogen (secondary N) is 2. The lowest BCUT2D eigenvalue weighted by Crippen LogP contribution is -2.38. The molecule has 0 aliphatic heterocycles. The summed E-state index contributed by atoms with van der Waals surface area (Å²) >= 11 is 0. The Morgan fingerprint density at radius 2 is 2.12 bits per heavy atom. The molecule has 1 aliphatic rings. The van der Waals surface area contributed by atoms with E-state index in [9.17, 15) is 4.79 Å². The predicted octanol–water partition coefficient (Wildman–Crippen LogP) is 3.15. The molecule has 0 spiro atoms. The molecular formula is C18H27N5O2. The normalized spacial score (nSPS) is 20.6. The van der Waals surface area contributed by atoms with Crippen LogP contribution in [0.4, 0.5) is 10.6 Å². The Morgan fingerprint density at radius 1 is 1.36 bits per heavy atom. The lowest BCUT2D eigenvalue weighted by molar-refractivity contribution is 0.0505. The lowest BCUT2D eigenvalue weighted by Gasteiger charge is -2.22. The van der Waals surface area contributed by atoms with Gasteiger partial charge in [-0.3, -0.25) is 0 Å². The molecule has 2 aromatic heterocycles. The van der Waals surface area contributed by atoms with Crippen molar-refractivity contribution < 1.29 is 9.53 Å². The van der Waals surface area contributed by atoms with E-state index >= 15 is 0 Å². The Labute approximate surface area is 148 Å². The number of hydrogen-bond donors (Lipinski definition) is 2. The number of hydrogen-bond acceptors (Lipinski definition) is 5. The van der Waals surface area contributed by atoms with Gasteiger partial charge in [0.15, 0.2) is 5.65 Å². The van der Waals surface area contributed by atoms with Crippen molar-refractivity contribution in [2.75, 3.05) is 5.32 Å². The van der Waals surface area contributed by atoms with Crippen molar-refractivity contribution in [2.45, 2.75) is 71.1 Å². The quantitative estimate of drug-likeness (QED) is 0.890. The van der Waals surface area contributed by atoms with Crippen LogP contribution in [0.1, 0.15) is 52.7 Å². The Bertz CT molecular complexity index is 749. The van der Waals surface area contributed by atoms with Crippen molar-refractivity contribution in [3.05, 3.63) is 24.0 Å². The van der Waals surface area contributed by atoms with Crippen molar-refractivity contribution in [1.29, 1.82) is 0 Å². The molecule has 0 aromatic carbocycles. The first-order valence-electron chi connectivity index (χ1n) is 8.94. The second kappa shape index (κ2) is 6.90. The molecule has 3 rings (SSSR count). The number of fused-ring (bicyclic) bond motifs is 1. The van der Waals surface area contributed by atoms with E-state index in [1.165, 1.54) is 0 Å². The van der Waals surface area contributed by atoms with Gasteiger partial charge in [0.25, 0.3) is 0 Å². The molecule has 1 amide bonds. The van der Waals surface area contributed by atoms with Crippen LogP contribution in [0.15, 0.2) is 18.3 Å². The number of carbonyl (C=O) groups is 1. The van der Waals surface area contributed by atoms with Crippen LogP contribution in [-0.2, 0) is 11.2 Å². The van der Waals surface area contributed by atoms with Crippen molar-refractivity contribution in [1.82, 2.24) is 19.9 Å². The molecule has 1 fully saturated rings. The average Bonchev–Trinajstić information content (AvgIpc) is 3.14. The summed E-state index contributed by atoms with van der Waals surface area (Å²) in [7, 11) is 0. The molecule has 0 radical (unpaired) electrons. The Hall–Kier alpha value is -2.31. The smallest absolute Gasteiger partial charge is 0.407 e. The summed E-state index contributed by atoms with van der Waals surface area (Å²) in [5.74, 6) is 0.953. The molecule has 7 heteroatoms. The molecule has 2 atom stereocenters. The maximum absolute atomic E-state index is 11.9. The Morgan fingerprint density at radius 3 is 2.84 bits per heavy atom. The van der Waals surface area contributed by atoms with Gasteiger partial charge < -0.3 is 15.4 Å². The zero-order valence-electron chi connectivity index (χ0n) is 15.4. The van der Waals surface area contributed by atoms with E-state index in [4.69, 9.17) is 4.74 Å². The van der Waals surface area contributed by atoms with E-state index in [1.54, 1.807) is 6.20 Å². The van der Waals surface area contributed by atoms with Gasteiger partial charge in [0.2, 0.25) is 0 Å². The minimum atomic E-state index is -0.473. The highest BCUT2D eigenvalue weighted by atomic mass is 16.6. The highest BCUT2D eigenvalue weighted by molar-refractivity contribution is 5.68. The topological polar surface area (TPSA) is 80.5 Å². The number of ether oxygens (including phenoxy) is 1. The summed E-state index contributed by atoms with van der Waals surface area (Å²) in [6.45, 7) is 7.70. The van der Waals surface area contributed by atoms with Gasteiger partial charge in [-0.2, -0.15) is 9.61 Å². The highest BCUT2D eigenvalue weighted by Crippen LogP contribution is 2.24. The number of aryl methyl sites for hydroxylation is 1. The molecule has 7 nitrogen and oxygen atoms in total. The van der Waals surface area contributed by atoms with E-state index in [-0.39, 0.29) is 12.1 Å². The van der Waals surface area contributed by atoms with Crippen molar-refractivity contribution >= 4 is 17.6 Å². The summed E-state index contributed by atoms with van der Waals surface area (Å²) in [6, 6.07) is 4.38. The van der Waals surface area contributed by atoms with Gasteiger partial charge in [-0.25, -0.2) is 9.78 Å². The maximum Gasteiger partial charge on any atom is 0.407 e. The van der Waals surface area contributed by atoms with Gasteiger partial charge in [-0.1, -0.05) is 6.92 Å². The van der Waals surface area contributed by atoms with Gasteiger partial charge in [0.1, 0.15) is 11.4 Å². The first-order chi connectivity index (χ1) is 11.8. The van der Waals surface area contributed by atoms with Crippen LogP contribution in [0.3, 0.4) is 0 Å². The van der Waals surface area contributed by atoms with Crippen LogP contribution in [0.5, 0.6) is 0 Å². The summed E-state index contributed by atoms with van der Waals surface area (Å²) in [6.07, 6.45) is 5.09. The number of alkyl carbamates (subject to hydrolysis) is 1. The van der Waals surface area contributed by atoms with Crippen LogP contribution in [0, 0.1) is 0 Å². The van der Waals surface area contributed by atoms with E-state index in [0.717, 1.165) is 42.8 Å². The van der Waals surface area contributed by atoms with Crippen LogP contribution in [-0.4, -0.2) is 38.4 Å². The molecule has 136 valence electrons. The van der Waals surface area contributed by atoms with Gasteiger partial charge in [-0.05, 0) is 46.5 Å². The zero-order valence-corrected chi connectivity index (χ0v) is 15.4. The predicted molar refractivity (Wildman–Crippen MR) is 96.8 cm³/mol. The first-order valence-corrected chi connectivity index (χ1v) is 8.94. The number of nitrogens with zero attached hydrogens (tertiary/aromatic N) is 3. The monoisotopic (exact) mass is 345 g/mol. The first kappa shape index (κ1) is 17.5. The minimum Gasteiger partial charge on any atom is -0.444 e. The van der Waals surface area contributed by atoms with Gasteiger partial charge in [0.05, 0.1) is 6.20 Å². The molecule has 25 heavy (non-hydrogen) atoms. The van der Waals surface area contributed by atoms with Crippen LogP contribution >= 0.6 is 0 Å². The van der Waals surface area contributed by atoms with Crippen molar-refractivity contribution in [3.63, 3.8) is 0 Å². The third kappa shape index (κ3) is 4.41. The fourth-order valence-electron chi connectivity index (χ4n) is 3.18. The van der Waals surface area contributed by atoms with E-state index in [1.807, 2.05) is 31.4 Å². The van der Waals surface area contributed by atoms with Crippen LogP contribution in [0.2, 0.25) is 0 Å². The summed E-state index contributed by atoms with van der Waals surface area (Å²) < 4.78 is 7.17. The van der Waals surface area contributed by atoms with E-state index < -0.39 is 5.60 Å². The van der Waals surface area contributed by atoms with Gasteiger partial charge in [0, 0.05) is 29.9 Å². The third-order valence-electron chi connectivity index (χ3n) is 4.28. The van der Waals surface area contributed by atoms with Crippen LogP contribution < -0.4 is 10.6 Å². The fourth-order valence-corrected chi connectivity index (χ4v) is 3.18. The Kier molecular flexibility index (Phi) is 4.83. The standard InChI is InChI=1S/C18H27N5O2/c1-5-12-11-16(23-15(20-12)8-9-19-23)21-13-6-7-14(10-13)22-17(24)25-18(2,3)4/h8-9,11,13-14,21H,5-7,10H2,1-4H3,(H,22,24)/t13-,14-/m0/s1. The highest BCUT2D eigenvalue weighted by Gasteiger charge is 2.28. The van der Waals surface area contributed by atoms with Gasteiger partial charge >= 0.3 is 6.09 Å². The van der Waals surface area contributed by atoms with E-state index in [2.05, 4.69) is 33.7 Å². The number of anilines is 1. The zero-order chi connectivity index (χ0) is 18.0. The molecule has 0 saturated heterocycles. The maximum atomic E-state index is 11.9. The lowest BCUT2D eigenvalue weighted by atomic mass is 10.2. The number of aromatic nitrogens is 3. The molecule has 0 bridgehead atoms. The number of amides is 1. The van der Waals surface area contributed by atoms with Crippen molar-refractivity contribution in [3.8, 4) is 0 Å². The molecule has 1 aliphatic carbocycles. The average molecular weight is 345 g/mol. The Balaban J connectivity index is 1.62. The third-order valence-corrected chi connectivity index (χ3v) is 4.28. The minimum absolute atomic E-state index is 0.132. The van der Waals surface area contributed by atoms with E-state index in [0.29, 0.717) is 6.04 Å². The molecule has 0 unspecified atom stereocenters. The number of carbonyl (C=O) groups excluding carboxylic acids is 1. The molecule has 2 heterocycles. The van der Waals surface area contributed by atoms with Gasteiger partial charge in [-0.15, -0.1) is 0 Å².